The maximum Gasteiger partial charge on any atom is 0.305 e. The fourth-order valence-corrected chi connectivity index (χ4v) is 4.03. The SMILES string of the molecule is CC(=O)NC(CC(=O)N1CCSCC1CC(=O)O)c1ccc(Cl)cc1. The number of carboxylic acids is 1. The zero-order chi connectivity index (χ0) is 18.4. The van der Waals surface area contributed by atoms with Crippen LogP contribution in [0.2, 0.25) is 5.02 Å². The fraction of sp³-hybridized carbons (Fsp3) is 0.471. The second-order valence-electron chi connectivity index (χ2n) is 5.92. The third-order valence-electron chi connectivity index (χ3n) is 3.99. The molecule has 0 aromatic heterocycles. The highest BCUT2D eigenvalue weighted by molar-refractivity contribution is 7.99. The number of rotatable bonds is 6. The number of benzene rings is 1. The van der Waals surface area contributed by atoms with E-state index >= 15 is 0 Å². The Balaban J connectivity index is 2.13. The van der Waals surface area contributed by atoms with Crippen molar-refractivity contribution in [3.8, 4) is 0 Å². The molecule has 136 valence electrons. The normalized spacial score (nSPS) is 18.5. The first-order valence-electron chi connectivity index (χ1n) is 7.98. The summed E-state index contributed by atoms with van der Waals surface area (Å²) in [6, 6.07) is 6.19. The van der Waals surface area contributed by atoms with Crippen molar-refractivity contribution in [2.24, 2.45) is 0 Å². The Morgan fingerprint density at radius 1 is 1.36 bits per heavy atom. The van der Waals surface area contributed by atoms with Crippen molar-refractivity contribution in [2.45, 2.75) is 31.8 Å². The highest BCUT2D eigenvalue weighted by Crippen LogP contribution is 2.24. The smallest absolute Gasteiger partial charge is 0.305 e. The number of nitrogens with zero attached hydrogens (tertiary/aromatic N) is 1. The molecule has 8 heteroatoms. The molecule has 1 aromatic carbocycles. The lowest BCUT2D eigenvalue weighted by Crippen LogP contribution is -2.48. The molecule has 2 atom stereocenters. The largest absolute Gasteiger partial charge is 0.481 e. The summed E-state index contributed by atoms with van der Waals surface area (Å²) in [5.41, 5.74) is 0.786. The Labute approximate surface area is 155 Å². The van der Waals surface area contributed by atoms with Gasteiger partial charge in [-0.25, -0.2) is 0 Å². The van der Waals surface area contributed by atoms with Gasteiger partial charge in [-0.2, -0.15) is 11.8 Å². The van der Waals surface area contributed by atoms with Crippen LogP contribution in [0, 0.1) is 0 Å². The van der Waals surface area contributed by atoms with Gasteiger partial charge in [0, 0.05) is 30.0 Å². The highest BCUT2D eigenvalue weighted by atomic mass is 35.5. The van der Waals surface area contributed by atoms with Crippen LogP contribution in [0.5, 0.6) is 0 Å². The zero-order valence-electron chi connectivity index (χ0n) is 13.9. The first-order chi connectivity index (χ1) is 11.9. The number of hydrogen-bond acceptors (Lipinski definition) is 4. The van der Waals surface area contributed by atoms with E-state index in [2.05, 4.69) is 5.32 Å². The van der Waals surface area contributed by atoms with Gasteiger partial charge < -0.3 is 15.3 Å². The summed E-state index contributed by atoms with van der Waals surface area (Å²) >= 11 is 7.55. The molecule has 25 heavy (non-hydrogen) atoms. The molecule has 0 radical (unpaired) electrons. The summed E-state index contributed by atoms with van der Waals surface area (Å²) in [5, 5.41) is 12.4. The molecular weight excluding hydrogens is 364 g/mol. The highest BCUT2D eigenvalue weighted by Gasteiger charge is 2.30. The first-order valence-corrected chi connectivity index (χ1v) is 9.51. The van der Waals surface area contributed by atoms with Crippen molar-refractivity contribution < 1.29 is 19.5 Å². The van der Waals surface area contributed by atoms with Gasteiger partial charge in [0.25, 0.3) is 0 Å². The van der Waals surface area contributed by atoms with E-state index in [1.54, 1.807) is 40.9 Å². The molecule has 0 aliphatic carbocycles. The van der Waals surface area contributed by atoms with Crippen molar-refractivity contribution in [1.29, 1.82) is 0 Å². The Hall–Kier alpha value is -1.73. The monoisotopic (exact) mass is 384 g/mol. The number of nitrogens with one attached hydrogen (secondary N) is 1. The van der Waals surface area contributed by atoms with Crippen molar-refractivity contribution in [3.05, 3.63) is 34.9 Å². The number of carboxylic acid groups (broad SMARTS) is 1. The summed E-state index contributed by atoms with van der Waals surface area (Å²) < 4.78 is 0. The molecule has 0 bridgehead atoms. The molecule has 0 spiro atoms. The van der Waals surface area contributed by atoms with Crippen LogP contribution >= 0.6 is 23.4 Å². The molecule has 2 rings (SSSR count). The Bertz CT molecular complexity index is 638. The van der Waals surface area contributed by atoms with E-state index in [-0.39, 0.29) is 30.7 Å². The minimum Gasteiger partial charge on any atom is -0.481 e. The van der Waals surface area contributed by atoms with Gasteiger partial charge in [-0.3, -0.25) is 14.4 Å². The van der Waals surface area contributed by atoms with Gasteiger partial charge in [0.05, 0.1) is 24.9 Å². The molecular formula is C17H21ClN2O4S. The van der Waals surface area contributed by atoms with Crippen LogP contribution in [0.4, 0.5) is 0 Å². The minimum absolute atomic E-state index is 0.0650. The van der Waals surface area contributed by atoms with Crippen molar-refractivity contribution in [2.75, 3.05) is 18.1 Å². The van der Waals surface area contributed by atoms with Crippen LogP contribution in [0.1, 0.15) is 31.4 Å². The zero-order valence-corrected chi connectivity index (χ0v) is 15.5. The Morgan fingerprint density at radius 3 is 2.64 bits per heavy atom. The minimum atomic E-state index is -0.915. The Morgan fingerprint density at radius 2 is 2.04 bits per heavy atom. The second-order valence-corrected chi connectivity index (χ2v) is 7.51. The van der Waals surface area contributed by atoms with E-state index in [0.717, 1.165) is 11.3 Å². The van der Waals surface area contributed by atoms with Crippen LogP contribution in [0.3, 0.4) is 0 Å². The summed E-state index contributed by atoms with van der Waals surface area (Å²) in [5.74, 6) is 0.0999. The van der Waals surface area contributed by atoms with Gasteiger partial charge >= 0.3 is 5.97 Å². The average molecular weight is 385 g/mol. The molecule has 1 saturated heterocycles. The lowest BCUT2D eigenvalue weighted by atomic mass is 10.0. The van der Waals surface area contributed by atoms with E-state index in [1.807, 2.05) is 0 Å². The maximum atomic E-state index is 12.8. The second kappa shape index (κ2) is 9.10. The number of hydrogen-bond donors (Lipinski definition) is 2. The van der Waals surface area contributed by atoms with Crippen LogP contribution in [-0.2, 0) is 14.4 Å². The van der Waals surface area contributed by atoms with Crippen LogP contribution < -0.4 is 5.32 Å². The third kappa shape index (κ3) is 5.93. The fourth-order valence-electron chi connectivity index (χ4n) is 2.84. The Kier molecular flexibility index (Phi) is 7.13. The standard InChI is InChI=1S/C17H21ClN2O4S/c1-11(21)19-15(12-2-4-13(18)5-3-12)9-16(22)20-6-7-25-10-14(20)8-17(23)24/h2-5,14-15H,6-10H2,1H3,(H,19,21)(H,23,24). The van der Waals surface area contributed by atoms with Crippen LogP contribution in [0.25, 0.3) is 0 Å². The summed E-state index contributed by atoms with van der Waals surface area (Å²) in [4.78, 5) is 37.0. The lowest BCUT2D eigenvalue weighted by molar-refractivity contribution is -0.140. The molecule has 2 amide bonds. The number of aliphatic carboxylic acids is 1. The maximum absolute atomic E-state index is 12.8. The molecule has 1 aliphatic heterocycles. The van der Waals surface area contributed by atoms with E-state index in [9.17, 15) is 14.4 Å². The topological polar surface area (TPSA) is 86.7 Å². The van der Waals surface area contributed by atoms with E-state index in [1.165, 1.54) is 6.92 Å². The van der Waals surface area contributed by atoms with Crippen molar-refractivity contribution in [3.63, 3.8) is 0 Å². The predicted octanol–water partition coefficient (Wildman–Crippen LogP) is 2.33. The van der Waals surface area contributed by atoms with E-state index in [0.29, 0.717) is 17.3 Å². The van der Waals surface area contributed by atoms with Gasteiger partial charge in [0.2, 0.25) is 11.8 Å². The van der Waals surface area contributed by atoms with Gasteiger partial charge in [-0.05, 0) is 17.7 Å². The van der Waals surface area contributed by atoms with Gasteiger partial charge in [-0.15, -0.1) is 0 Å². The first kappa shape index (κ1) is 19.6. The quantitative estimate of drug-likeness (QED) is 0.786. The van der Waals surface area contributed by atoms with Gasteiger partial charge in [0.1, 0.15) is 0 Å². The third-order valence-corrected chi connectivity index (χ3v) is 5.33. The lowest BCUT2D eigenvalue weighted by Gasteiger charge is -2.35. The van der Waals surface area contributed by atoms with E-state index < -0.39 is 12.0 Å². The average Bonchev–Trinajstić information content (AvgIpc) is 2.54. The molecule has 2 N–H and O–H groups in total. The molecule has 1 heterocycles. The number of thioether (sulfide) groups is 1. The van der Waals surface area contributed by atoms with Gasteiger partial charge in [-0.1, -0.05) is 23.7 Å². The predicted molar refractivity (Wildman–Crippen MR) is 97.7 cm³/mol. The molecule has 2 unspecified atom stereocenters. The van der Waals surface area contributed by atoms with Crippen LogP contribution in [-0.4, -0.2) is 51.9 Å². The van der Waals surface area contributed by atoms with Crippen molar-refractivity contribution >= 4 is 41.1 Å². The molecule has 1 fully saturated rings. The molecule has 6 nitrogen and oxygen atoms in total. The molecule has 0 saturated carbocycles. The number of carbonyl (C=O) groups excluding carboxylic acids is 2. The van der Waals surface area contributed by atoms with Gasteiger partial charge in [0.15, 0.2) is 0 Å². The summed E-state index contributed by atoms with van der Waals surface area (Å²) in [7, 11) is 0. The molecule has 1 aliphatic rings. The van der Waals surface area contributed by atoms with E-state index in [4.69, 9.17) is 16.7 Å². The number of halogens is 1. The summed E-state index contributed by atoms with van der Waals surface area (Å²) in [6.07, 6.45) is 0.0203. The van der Waals surface area contributed by atoms with Crippen LogP contribution in [0.15, 0.2) is 24.3 Å². The number of amides is 2. The molecule has 1 aromatic rings. The number of carbonyl (C=O) groups is 3. The summed E-state index contributed by atoms with van der Waals surface area (Å²) in [6.45, 7) is 1.92. The van der Waals surface area contributed by atoms with Crippen molar-refractivity contribution in [1.82, 2.24) is 10.2 Å².